The van der Waals surface area contributed by atoms with Crippen LogP contribution in [0.15, 0.2) is 18.2 Å². The summed E-state index contributed by atoms with van der Waals surface area (Å²) in [7, 11) is 0. The number of rotatable bonds is 5. The molecule has 1 aliphatic rings. The number of benzene rings is 1. The number of carboxylic acid groups (broad SMARTS) is 1. The van der Waals surface area contributed by atoms with Crippen LogP contribution in [0.2, 0.25) is 0 Å². The van der Waals surface area contributed by atoms with Gasteiger partial charge in [-0.2, -0.15) is 0 Å². The second-order valence-electron chi connectivity index (χ2n) is 5.56. The van der Waals surface area contributed by atoms with Crippen molar-refractivity contribution in [3.63, 3.8) is 0 Å². The van der Waals surface area contributed by atoms with Gasteiger partial charge in [0.15, 0.2) is 0 Å². The highest BCUT2D eigenvalue weighted by atomic mass is 16.4. The van der Waals surface area contributed by atoms with Crippen LogP contribution >= 0.6 is 0 Å². The number of primary amides is 1. The predicted octanol–water partition coefficient (Wildman–Crippen LogP) is 2.15. The van der Waals surface area contributed by atoms with E-state index in [0.717, 1.165) is 18.4 Å². The molecule has 0 aromatic heterocycles. The van der Waals surface area contributed by atoms with Crippen molar-refractivity contribution in [1.29, 1.82) is 0 Å². The summed E-state index contributed by atoms with van der Waals surface area (Å²) in [5.74, 6) is -1.28. The molecular weight excluding hydrogens is 256 g/mol. The quantitative estimate of drug-likeness (QED) is 0.768. The van der Waals surface area contributed by atoms with Crippen LogP contribution in [0.25, 0.3) is 0 Å². The average molecular weight is 276 g/mol. The van der Waals surface area contributed by atoms with E-state index in [1.165, 1.54) is 0 Å². The third-order valence-electron chi connectivity index (χ3n) is 4.07. The lowest BCUT2D eigenvalue weighted by Gasteiger charge is -2.25. The highest BCUT2D eigenvalue weighted by Crippen LogP contribution is 2.38. The van der Waals surface area contributed by atoms with Gasteiger partial charge in [0.2, 0.25) is 0 Å². The lowest BCUT2D eigenvalue weighted by atomic mass is 9.86. The van der Waals surface area contributed by atoms with Crippen LogP contribution < -0.4 is 11.1 Å². The van der Waals surface area contributed by atoms with Crippen LogP contribution in [0.3, 0.4) is 0 Å². The highest BCUT2D eigenvalue weighted by molar-refractivity contribution is 5.98. The SMILES string of the molecule is Cc1ccc(C(N)=O)c(NCC2(C(=O)O)CCCC2)c1. The number of aliphatic carboxylic acids is 1. The molecule has 5 heteroatoms. The molecule has 0 unspecified atom stereocenters. The van der Waals surface area contributed by atoms with Crippen LogP contribution in [-0.4, -0.2) is 23.5 Å². The van der Waals surface area contributed by atoms with E-state index in [2.05, 4.69) is 5.32 Å². The lowest BCUT2D eigenvalue weighted by molar-refractivity contribution is -0.147. The van der Waals surface area contributed by atoms with E-state index < -0.39 is 17.3 Å². The standard InChI is InChI=1S/C15H20N2O3/c1-10-4-5-11(13(16)18)12(8-10)17-9-15(14(19)20)6-2-3-7-15/h4-5,8,17H,2-3,6-7,9H2,1H3,(H2,16,18)(H,19,20). The van der Waals surface area contributed by atoms with Gasteiger partial charge in [0.1, 0.15) is 0 Å². The predicted molar refractivity (Wildman–Crippen MR) is 76.7 cm³/mol. The van der Waals surface area contributed by atoms with Gasteiger partial charge < -0.3 is 16.2 Å². The fourth-order valence-corrected chi connectivity index (χ4v) is 2.80. The summed E-state index contributed by atoms with van der Waals surface area (Å²) in [6, 6.07) is 5.31. The molecule has 0 heterocycles. The molecular formula is C15H20N2O3. The first-order valence-corrected chi connectivity index (χ1v) is 6.82. The molecule has 0 saturated heterocycles. The summed E-state index contributed by atoms with van der Waals surface area (Å²) >= 11 is 0. The summed E-state index contributed by atoms with van der Waals surface area (Å²) < 4.78 is 0. The number of carbonyl (C=O) groups is 2. The molecule has 1 aromatic carbocycles. The van der Waals surface area contributed by atoms with Crippen molar-refractivity contribution in [1.82, 2.24) is 0 Å². The van der Waals surface area contributed by atoms with Gasteiger partial charge in [-0.25, -0.2) is 0 Å². The van der Waals surface area contributed by atoms with Crippen LogP contribution in [0.4, 0.5) is 5.69 Å². The third-order valence-corrected chi connectivity index (χ3v) is 4.07. The van der Waals surface area contributed by atoms with Gasteiger partial charge in [0, 0.05) is 12.2 Å². The molecule has 0 aliphatic heterocycles. The molecule has 1 saturated carbocycles. The van der Waals surface area contributed by atoms with Crippen LogP contribution in [-0.2, 0) is 4.79 Å². The first-order valence-electron chi connectivity index (χ1n) is 6.82. The number of carbonyl (C=O) groups excluding carboxylic acids is 1. The van der Waals surface area contributed by atoms with Gasteiger partial charge in [-0.3, -0.25) is 9.59 Å². The van der Waals surface area contributed by atoms with Crippen molar-refractivity contribution in [3.8, 4) is 0 Å². The average Bonchev–Trinajstić information content (AvgIpc) is 2.86. The second-order valence-corrected chi connectivity index (χ2v) is 5.56. The van der Waals surface area contributed by atoms with Crippen LogP contribution in [0.1, 0.15) is 41.6 Å². The van der Waals surface area contributed by atoms with Gasteiger partial charge in [0.05, 0.1) is 11.0 Å². The molecule has 1 aromatic rings. The Kier molecular flexibility index (Phi) is 3.97. The smallest absolute Gasteiger partial charge is 0.311 e. The molecule has 108 valence electrons. The summed E-state index contributed by atoms with van der Waals surface area (Å²) in [5, 5.41) is 12.6. The molecule has 0 atom stereocenters. The van der Waals surface area contributed by atoms with E-state index in [4.69, 9.17) is 5.73 Å². The Labute approximate surface area is 118 Å². The van der Waals surface area contributed by atoms with E-state index in [1.807, 2.05) is 19.1 Å². The zero-order valence-electron chi connectivity index (χ0n) is 11.6. The Morgan fingerprint density at radius 1 is 1.35 bits per heavy atom. The molecule has 20 heavy (non-hydrogen) atoms. The Morgan fingerprint density at radius 2 is 2.00 bits per heavy atom. The van der Waals surface area contributed by atoms with E-state index in [1.54, 1.807) is 6.07 Å². The Hall–Kier alpha value is -2.04. The maximum Gasteiger partial charge on any atom is 0.311 e. The Balaban J connectivity index is 2.20. The Morgan fingerprint density at radius 3 is 2.55 bits per heavy atom. The maximum absolute atomic E-state index is 11.5. The minimum Gasteiger partial charge on any atom is -0.481 e. The number of anilines is 1. The normalized spacial score (nSPS) is 16.9. The summed E-state index contributed by atoms with van der Waals surface area (Å²) in [6.45, 7) is 2.24. The minimum atomic E-state index is -0.768. The zero-order chi connectivity index (χ0) is 14.8. The van der Waals surface area contributed by atoms with E-state index in [-0.39, 0.29) is 0 Å². The molecule has 1 amide bonds. The van der Waals surface area contributed by atoms with Gasteiger partial charge in [-0.15, -0.1) is 0 Å². The van der Waals surface area contributed by atoms with Crippen molar-refractivity contribution in [2.24, 2.45) is 11.1 Å². The number of carboxylic acids is 1. The van der Waals surface area contributed by atoms with Gasteiger partial charge >= 0.3 is 5.97 Å². The Bertz CT molecular complexity index is 534. The largest absolute Gasteiger partial charge is 0.481 e. The monoisotopic (exact) mass is 276 g/mol. The molecule has 0 bridgehead atoms. The zero-order valence-corrected chi connectivity index (χ0v) is 11.6. The highest BCUT2D eigenvalue weighted by Gasteiger charge is 2.41. The summed E-state index contributed by atoms with van der Waals surface area (Å²) in [4.78, 5) is 22.9. The van der Waals surface area contributed by atoms with Crippen LogP contribution in [0.5, 0.6) is 0 Å². The molecule has 0 spiro atoms. The topological polar surface area (TPSA) is 92.4 Å². The van der Waals surface area contributed by atoms with Gasteiger partial charge in [-0.05, 0) is 37.5 Å². The molecule has 5 nitrogen and oxygen atoms in total. The van der Waals surface area contributed by atoms with Crippen molar-refractivity contribution < 1.29 is 14.7 Å². The fraction of sp³-hybridized carbons (Fsp3) is 0.467. The first-order chi connectivity index (χ1) is 9.44. The van der Waals surface area contributed by atoms with Gasteiger partial charge in [0.25, 0.3) is 5.91 Å². The number of hydrogen-bond acceptors (Lipinski definition) is 3. The molecule has 4 N–H and O–H groups in total. The molecule has 0 radical (unpaired) electrons. The first kappa shape index (κ1) is 14.4. The van der Waals surface area contributed by atoms with Crippen molar-refractivity contribution in [2.45, 2.75) is 32.6 Å². The third kappa shape index (κ3) is 2.76. The van der Waals surface area contributed by atoms with E-state index in [9.17, 15) is 14.7 Å². The van der Waals surface area contributed by atoms with Crippen LogP contribution in [0, 0.1) is 12.3 Å². The van der Waals surface area contributed by atoms with Crippen molar-refractivity contribution in [3.05, 3.63) is 29.3 Å². The number of hydrogen-bond donors (Lipinski definition) is 3. The lowest BCUT2D eigenvalue weighted by Crippen LogP contribution is -2.35. The summed E-state index contributed by atoms with van der Waals surface area (Å²) in [6.07, 6.45) is 3.22. The fourth-order valence-electron chi connectivity index (χ4n) is 2.80. The van der Waals surface area contributed by atoms with Crippen molar-refractivity contribution in [2.75, 3.05) is 11.9 Å². The number of aryl methyl sites for hydroxylation is 1. The number of amides is 1. The summed E-state index contributed by atoms with van der Waals surface area (Å²) in [5.41, 5.74) is 6.63. The maximum atomic E-state index is 11.5. The van der Waals surface area contributed by atoms with E-state index in [0.29, 0.717) is 30.6 Å². The second kappa shape index (κ2) is 5.53. The van der Waals surface area contributed by atoms with Gasteiger partial charge in [-0.1, -0.05) is 18.9 Å². The number of nitrogens with one attached hydrogen (secondary N) is 1. The molecule has 1 aliphatic carbocycles. The van der Waals surface area contributed by atoms with Crippen molar-refractivity contribution >= 4 is 17.6 Å². The number of nitrogens with two attached hydrogens (primary N) is 1. The molecule has 1 fully saturated rings. The van der Waals surface area contributed by atoms with E-state index >= 15 is 0 Å². The minimum absolute atomic E-state index is 0.325. The molecule has 2 rings (SSSR count).